The van der Waals surface area contributed by atoms with Crippen LogP contribution >= 0.6 is 0 Å². The Morgan fingerprint density at radius 1 is 1.06 bits per heavy atom. The third-order valence-corrected chi connectivity index (χ3v) is 2.51. The number of hydrogen-bond acceptors (Lipinski definition) is 3. The van der Waals surface area contributed by atoms with Crippen LogP contribution in [-0.2, 0) is 0 Å². The predicted octanol–water partition coefficient (Wildman–Crippen LogP) is 2.85. The summed E-state index contributed by atoms with van der Waals surface area (Å²) in [4.78, 5) is 0. The van der Waals surface area contributed by atoms with Crippen LogP contribution in [0.2, 0.25) is 0 Å². The minimum atomic E-state index is 0.230. The molecule has 1 N–H and O–H groups in total. The normalized spacial score (nSPS) is 12.2. The van der Waals surface area contributed by atoms with Gasteiger partial charge in [0.15, 0.2) is 0 Å². The zero-order valence-corrected chi connectivity index (χ0v) is 11.0. The maximum atomic E-state index is 5.88. The van der Waals surface area contributed by atoms with Crippen LogP contribution in [0.1, 0.15) is 27.2 Å². The second kappa shape index (κ2) is 7.96. The van der Waals surface area contributed by atoms with E-state index in [-0.39, 0.29) is 6.10 Å². The Balaban J connectivity index is 2.48. The molecule has 1 aromatic carbocycles. The molecule has 0 saturated heterocycles. The van der Waals surface area contributed by atoms with Crippen molar-refractivity contribution in [3.63, 3.8) is 0 Å². The van der Waals surface area contributed by atoms with Crippen molar-refractivity contribution in [2.75, 3.05) is 19.7 Å². The highest BCUT2D eigenvalue weighted by Gasteiger charge is 2.07. The van der Waals surface area contributed by atoms with Gasteiger partial charge in [-0.15, -0.1) is 0 Å². The molecule has 0 bridgehead atoms. The summed E-state index contributed by atoms with van der Waals surface area (Å²) >= 11 is 0. The molecular formula is C14H23NO2. The summed E-state index contributed by atoms with van der Waals surface area (Å²) in [7, 11) is 0. The van der Waals surface area contributed by atoms with Crippen molar-refractivity contribution < 1.29 is 9.47 Å². The molecule has 1 atom stereocenters. The molecule has 1 unspecified atom stereocenters. The van der Waals surface area contributed by atoms with Gasteiger partial charge in [0.05, 0.1) is 6.61 Å². The molecule has 3 nitrogen and oxygen atoms in total. The molecular weight excluding hydrogens is 214 g/mol. The summed E-state index contributed by atoms with van der Waals surface area (Å²) in [6.07, 6.45) is 1.23. The molecule has 0 amide bonds. The molecule has 96 valence electrons. The lowest BCUT2D eigenvalue weighted by molar-refractivity contribution is 0.194. The summed E-state index contributed by atoms with van der Waals surface area (Å²) in [5, 5.41) is 3.30. The van der Waals surface area contributed by atoms with Crippen LogP contribution in [0.25, 0.3) is 0 Å². The zero-order chi connectivity index (χ0) is 12.5. The van der Waals surface area contributed by atoms with Gasteiger partial charge in [-0.25, -0.2) is 0 Å². The Hall–Kier alpha value is -1.22. The lowest BCUT2D eigenvalue weighted by Gasteiger charge is -2.18. The molecule has 3 heteroatoms. The van der Waals surface area contributed by atoms with Gasteiger partial charge < -0.3 is 14.8 Å². The van der Waals surface area contributed by atoms with Crippen LogP contribution in [0.4, 0.5) is 0 Å². The molecule has 0 fully saturated rings. The molecule has 17 heavy (non-hydrogen) atoms. The van der Waals surface area contributed by atoms with E-state index in [1.165, 1.54) is 0 Å². The van der Waals surface area contributed by atoms with Crippen molar-refractivity contribution in [2.45, 2.75) is 33.3 Å². The largest absolute Gasteiger partial charge is 0.494 e. The van der Waals surface area contributed by atoms with E-state index >= 15 is 0 Å². The van der Waals surface area contributed by atoms with Crippen molar-refractivity contribution in [2.24, 2.45) is 0 Å². The molecule has 0 heterocycles. The van der Waals surface area contributed by atoms with Crippen LogP contribution in [0.3, 0.4) is 0 Å². The first kappa shape index (κ1) is 13.8. The molecule has 0 spiro atoms. The minimum Gasteiger partial charge on any atom is -0.494 e. The Labute approximate surface area is 104 Å². The molecule has 0 radical (unpaired) electrons. The average Bonchev–Trinajstić information content (AvgIpc) is 2.37. The SMILES string of the molecule is CCNCC(CC)Oc1ccc(OCC)cc1. The highest BCUT2D eigenvalue weighted by molar-refractivity contribution is 5.31. The smallest absolute Gasteiger partial charge is 0.120 e. The fourth-order valence-electron chi connectivity index (χ4n) is 1.55. The van der Waals surface area contributed by atoms with Crippen molar-refractivity contribution in [3.8, 4) is 11.5 Å². The minimum absolute atomic E-state index is 0.230. The monoisotopic (exact) mass is 237 g/mol. The Bertz CT molecular complexity index is 298. The third kappa shape index (κ3) is 5.09. The van der Waals surface area contributed by atoms with E-state index in [1.54, 1.807) is 0 Å². The van der Waals surface area contributed by atoms with Crippen LogP contribution in [-0.4, -0.2) is 25.8 Å². The van der Waals surface area contributed by atoms with Crippen molar-refractivity contribution in [1.29, 1.82) is 0 Å². The maximum absolute atomic E-state index is 5.88. The molecule has 1 aromatic rings. The van der Waals surface area contributed by atoms with Crippen LogP contribution in [0.15, 0.2) is 24.3 Å². The van der Waals surface area contributed by atoms with Crippen LogP contribution < -0.4 is 14.8 Å². The summed E-state index contributed by atoms with van der Waals surface area (Å²) in [5.41, 5.74) is 0. The van der Waals surface area contributed by atoms with E-state index in [2.05, 4.69) is 19.2 Å². The molecule has 0 saturated carbocycles. The first-order chi connectivity index (χ1) is 8.30. The second-order valence-electron chi connectivity index (χ2n) is 3.86. The number of rotatable bonds is 8. The summed E-state index contributed by atoms with van der Waals surface area (Å²) in [6.45, 7) is 8.77. The average molecular weight is 237 g/mol. The van der Waals surface area contributed by atoms with Crippen molar-refractivity contribution in [1.82, 2.24) is 5.32 Å². The van der Waals surface area contributed by atoms with Gasteiger partial charge in [0, 0.05) is 6.54 Å². The van der Waals surface area contributed by atoms with Gasteiger partial charge >= 0.3 is 0 Å². The highest BCUT2D eigenvalue weighted by atomic mass is 16.5. The second-order valence-corrected chi connectivity index (χ2v) is 3.86. The molecule has 0 aliphatic carbocycles. The Morgan fingerprint density at radius 2 is 1.71 bits per heavy atom. The van der Waals surface area contributed by atoms with Gasteiger partial charge in [-0.3, -0.25) is 0 Å². The predicted molar refractivity (Wildman–Crippen MR) is 70.9 cm³/mol. The van der Waals surface area contributed by atoms with Gasteiger partial charge in [-0.2, -0.15) is 0 Å². The zero-order valence-electron chi connectivity index (χ0n) is 11.0. The molecule has 0 aliphatic heterocycles. The topological polar surface area (TPSA) is 30.5 Å². The molecule has 0 aromatic heterocycles. The van der Waals surface area contributed by atoms with Gasteiger partial charge in [-0.05, 0) is 44.2 Å². The Morgan fingerprint density at radius 3 is 2.24 bits per heavy atom. The van der Waals surface area contributed by atoms with E-state index in [0.717, 1.165) is 31.0 Å². The van der Waals surface area contributed by atoms with Gasteiger partial charge in [-0.1, -0.05) is 13.8 Å². The fraction of sp³-hybridized carbons (Fsp3) is 0.571. The van der Waals surface area contributed by atoms with Crippen LogP contribution in [0, 0.1) is 0 Å². The lowest BCUT2D eigenvalue weighted by Crippen LogP contribution is -2.30. The summed E-state index contributed by atoms with van der Waals surface area (Å²) in [5.74, 6) is 1.79. The number of hydrogen-bond donors (Lipinski definition) is 1. The number of benzene rings is 1. The van der Waals surface area contributed by atoms with Crippen LogP contribution in [0.5, 0.6) is 11.5 Å². The molecule has 0 aliphatic rings. The van der Waals surface area contributed by atoms with Gasteiger partial charge in [0.1, 0.15) is 17.6 Å². The van der Waals surface area contributed by atoms with Gasteiger partial charge in [0.2, 0.25) is 0 Å². The Kier molecular flexibility index (Phi) is 6.48. The van der Waals surface area contributed by atoms with Gasteiger partial charge in [0.25, 0.3) is 0 Å². The van der Waals surface area contributed by atoms with Crippen molar-refractivity contribution >= 4 is 0 Å². The van der Waals surface area contributed by atoms with Crippen molar-refractivity contribution in [3.05, 3.63) is 24.3 Å². The lowest BCUT2D eigenvalue weighted by atomic mass is 10.2. The number of nitrogens with one attached hydrogen (secondary N) is 1. The van der Waals surface area contributed by atoms with E-state index in [4.69, 9.17) is 9.47 Å². The van der Waals surface area contributed by atoms with E-state index in [9.17, 15) is 0 Å². The van der Waals surface area contributed by atoms with E-state index < -0.39 is 0 Å². The highest BCUT2D eigenvalue weighted by Crippen LogP contribution is 2.19. The van der Waals surface area contributed by atoms with E-state index in [1.807, 2.05) is 31.2 Å². The summed E-state index contributed by atoms with van der Waals surface area (Å²) in [6, 6.07) is 7.80. The number of likely N-dealkylation sites (N-methyl/N-ethyl adjacent to an activating group) is 1. The third-order valence-electron chi connectivity index (χ3n) is 2.51. The number of ether oxygens (including phenoxy) is 2. The first-order valence-corrected chi connectivity index (χ1v) is 6.40. The van der Waals surface area contributed by atoms with E-state index in [0.29, 0.717) is 6.61 Å². The molecule has 1 rings (SSSR count). The quantitative estimate of drug-likeness (QED) is 0.754. The standard InChI is InChI=1S/C14H23NO2/c1-4-12(11-15-5-2)17-14-9-7-13(8-10-14)16-6-3/h7-10,12,15H,4-6,11H2,1-3H3. The maximum Gasteiger partial charge on any atom is 0.120 e. The first-order valence-electron chi connectivity index (χ1n) is 6.40. The fourth-order valence-corrected chi connectivity index (χ4v) is 1.55. The summed E-state index contributed by atoms with van der Waals surface area (Å²) < 4.78 is 11.3.